The summed E-state index contributed by atoms with van der Waals surface area (Å²) >= 11 is 0. The van der Waals surface area contributed by atoms with Crippen LogP contribution >= 0.6 is 0 Å². The molecule has 0 saturated carbocycles. The van der Waals surface area contributed by atoms with E-state index >= 15 is 0 Å². The smallest absolute Gasteiger partial charge is 0.336 e. The first kappa shape index (κ1) is 22.6. The van der Waals surface area contributed by atoms with Gasteiger partial charge in [-0.15, -0.1) is 0 Å². The van der Waals surface area contributed by atoms with Gasteiger partial charge in [-0.3, -0.25) is 4.79 Å². The van der Waals surface area contributed by atoms with Crippen molar-refractivity contribution in [2.45, 2.75) is 58.8 Å². The quantitative estimate of drug-likeness (QED) is 0.333. The monoisotopic (exact) mass is 404 g/mol. The van der Waals surface area contributed by atoms with Crippen LogP contribution in [0.2, 0.25) is 0 Å². The Morgan fingerprint density at radius 1 is 1.34 bits per heavy atom. The molecule has 1 N–H and O–H groups in total. The van der Waals surface area contributed by atoms with Crippen molar-refractivity contribution < 1.29 is 33.7 Å². The van der Waals surface area contributed by atoms with Crippen molar-refractivity contribution in [1.82, 2.24) is 0 Å². The molecule has 0 aromatic carbocycles. The number of aliphatic hydroxyl groups excluding tert-OH is 1. The van der Waals surface area contributed by atoms with Gasteiger partial charge in [0.05, 0.1) is 18.1 Å². The summed E-state index contributed by atoms with van der Waals surface area (Å²) in [4.78, 5) is 36.1. The van der Waals surface area contributed by atoms with E-state index in [1.165, 1.54) is 13.0 Å². The maximum absolute atomic E-state index is 12.4. The Morgan fingerprint density at radius 3 is 2.62 bits per heavy atom. The standard InChI is InChI=1S/C22H28O7/c1-6-16(11-23)22(26)29-18-9-12(2)7-8-17(27-15(5)24)13(3)10-19-20(18)14(4)21(25)28-19/h6-7,10,17-20,23H,4,8-9,11H2,1-3,5H3/b12-7+,13-10-,16-6+/t17-,18-,19-,20-/m1/s1. The van der Waals surface area contributed by atoms with Crippen LogP contribution in [0.25, 0.3) is 0 Å². The second kappa shape index (κ2) is 9.69. The van der Waals surface area contributed by atoms with Crippen molar-refractivity contribution in [3.8, 4) is 0 Å². The molecule has 2 rings (SSSR count). The normalized spacial score (nSPS) is 31.6. The number of carbonyl (C=O) groups excluding carboxylic acids is 3. The third-order valence-corrected chi connectivity index (χ3v) is 5.15. The second-order valence-corrected chi connectivity index (χ2v) is 7.34. The highest BCUT2D eigenvalue weighted by Gasteiger charge is 2.45. The van der Waals surface area contributed by atoms with Crippen molar-refractivity contribution in [3.05, 3.63) is 47.1 Å². The summed E-state index contributed by atoms with van der Waals surface area (Å²) in [6.45, 7) is 10.1. The van der Waals surface area contributed by atoms with Crippen molar-refractivity contribution in [1.29, 1.82) is 0 Å². The summed E-state index contributed by atoms with van der Waals surface area (Å²) in [5.41, 5.74) is 2.00. The van der Waals surface area contributed by atoms with Crippen LogP contribution in [0.4, 0.5) is 0 Å². The van der Waals surface area contributed by atoms with E-state index in [2.05, 4.69) is 6.58 Å². The zero-order valence-corrected chi connectivity index (χ0v) is 17.3. The number of allylic oxidation sites excluding steroid dienone is 1. The molecule has 1 aliphatic heterocycles. The molecule has 1 saturated heterocycles. The van der Waals surface area contributed by atoms with Crippen LogP contribution in [0.1, 0.15) is 40.5 Å². The minimum absolute atomic E-state index is 0.137. The number of rotatable bonds is 4. The first-order valence-corrected chi connectivity index (χ1v) is 9.55. The lowest BCUT2D eigenvalue weighted by Gasteiger charge is -2.28. The van der Waals surface area contributed by atoms with E-state index in [1.807, 2.05) is 13.0 Å². The molecule has 4 atom stereocenters. The van der Waals surface area contributed by atoms with E-state index in [-0.39, 0.29) is 11.1 Å². The van der Waals surface area contributed by atoms with E-state index in [0.717, 1.165) is 11.1 Å². The van der Waals surface area contributed by atoms with Gasteiger partial charge in [-0.05, 0) is 32.4 Å². The predicted molar refractivity (Wildman–Crippen MR) is 106 cm³/mol. The summed E-state index contributed by atoms with van der Waals surface area (Å²) in [7, 11) is 0. The first-order chi connectivity index (χ1) is 13.7. The highest BCUT2D eigenvalue weighted by Crippen LogP contribution is 2.36. The average molecular weight is 404 g/mol. The molecule has 0 bridgehead atoms. The zero-order valence-electron chi connectivity index (χ0n) is 17.3. The topological polar surface area (TPSA) is 99.1 Å². The van der Waals surface area contributed by atoms with Crippen molar-refractivity contribution in [2.24, 2.45) is 5.92 Å². The van der Waals surface area contributed by atoms with E-state index in [4.69, 9.17) is 14.2 Å². The fourth-order valence-electron chi connectivity index (χ4n) is 3.51. The number of carbonyl (C=O) groups is 3. The summed E-state index contributed by atoms with van der Waals surface area (Å²) in [5, 5.41) is 9.35. The van der Waals surface area contributed by atoms with Crippen LogP contribution in [0.15, 0.2) is 47.1 Å². The Kier molecular flexibility index (Phi) is 7.56. The van der Waals surface area contributed by atoms with Gasteiger partial charge in [0.1, 0.15) is 18.3 Å². The van der Waals surface area contributed by atoms with Gasteiger partial charge in [0.15, 0.2) is 0 Å². The molecule has 0 spiro atoms. The van der Waals surface area contributed by atoms with Gasteiger partial charge in [0, 0.05) is 25.3 Å². The Morgan fingerprint density at radius 2 is 2.03 bits per heavy atom. The average Bonchev–Trinajstić information content (AvgIpc) is 2.91. The highest BCUT2D eigenvalue weighted by molar-refractivity contribution is 5.92. The van der Waals surface area contributed by atoms with Gasteiger partial charge in [-0.1, -0.05) is 24.3 Å². The minimum atomic E-state index is -0.696. The van der Waals surface area contributed by atoms with E-state index in [1.54, 1.807) is 19.9 Å². The number of esters is 3. The lowest BCUT2D eigenvalue weighted by atomic mass is 9.85. The molecule has 0 radical (unpaired) electrons. The fourth-order valence-corrected chi connectivity index (χ4v) is 3.51. The minimum Gasteiger partial charge on any atom is -0.458 e. The molecule has 1 aliphatic carbocycles. The number of ether oxygens (including phenoxy) is 3. The van der Waals surface area contributed by atoms with Gasteiger partial charge in [0.2, 0.25) is 0 Å². The summed E-state index contributed by atoms with van der Waals surface area (Å²) in [5.74, 6) is -2.18. The van der Waals surface area contributed by atoms with Gasteiger partial charge in [0.25, 0.3) is 0 Å². The van der Waals surface area contributed by atoms with Gasteiger partial charge >= 0.3 is 17.9 Å². The SMILES string of the molecule is C=C1C(=O)O[C@@H]2/C=C(/C)[C@H](OC(C)=O)C/C=C(\C)C[C@@H](OC(=O)/C(=C/C)CO)[C@@H]12. The molecule has 1 fully saturated rings. The molecule has 1 heterocycles. The largest absolute Gasteiger partial charge is 0.458 e. The van der Waals surface area contributed by atoms with E-state index in [9.17, 15) is 19.5 Å². The number of hydrogen-bond donors (Lipinski definition) is 1. The van der Waals surface area contributed by atoms with Gasteiger partial charge in [-0.25, -0.2) is 9.59 Å². The third kappa shape index (κ3) is 5.44. The van der Waals surface area contributed by atoms with Gasteiger partial charge in [-0.2, -0.15) is 0 Å². The molecule has 2 aliphatic rings. The summed E-state index contributed by atoms with van der Waals surface area (Å²) < 4.78 is 16.5. The molecule has 0 aromatic rings. The van der Waals surface area contributed by atoms with Crippen molar-refractivity contribution >= 4 is 17.9 Å². The molecule has 0 unspecified atom stereocenters. The Bertz CT molecular complexity index is 787. The molecule has 0 amide bonds. The van der Waals surface area contributed by atoms with E-state index < -0.39 is 48.7 Å². The molecule has 0 aromatic heterocycles. The molecule has 158 valence electrons. The van der Waals surface area contributed by atoms with Gasteiger partial charge < -0.3 is 19.3 Å². The number of hydrogen-bond acceptors (Lipinski definition) is 7. The zero-order chi connectivity index (χ0) is 21.7. The highest BCUT2D eigenvalue weighted by atomic mass is 16.6. The van der Waals surface area contributed by atoms with Crippen molar-refractivity contribution in [2.75, 3.05) is 6.61 Å². The maximum Gasteiger partial charge on any atom is 0.336 e. The van der Waals surface area contributed by atoms with E-state index in [0.29, 0.717) is 12.8 Å². The third-order valence-electron chi connectivity index (χ3n) is 5.15. The van der Waals surface area contributed by atoms with Crippen LogP contribution < -0.4 is 0 Å². The van der Waals surface area contributed by atoms with Crippen LogP contribution in [-0.4, -0.2) is 47.9 Å². The second-order valence-electron chi connectivity index (χ2n) is 7.34. The van der Waals surface area contributed by atoms with Crippen LogP contribution in [0.3, 0.4) is 0 Å². The predicted octanol–water partition coefficient (Wildman–Crippen LogP) is 2.55. The Labute approximate surface area is 170 Å². The summed E-state index contributed by atoms with van der Waals surface area (Å²) in [6, 6.07) is 0. The molecular formula is C22H28O7. The Hall–Kier alpha value is -2.67. The molecular weight excluding hydrogens is 376 g/mol. The molecule has 29 heavy (non-hydrogen) atoms. The maximum atomic E-state index is 12.4. The lowest BCUT2D eigenvalue weighted by molar-refractivity contribution is -0.148. The first-order valence-electron chi connectivity index (χ1n) is 9.55. The van der Waals surface area contributed by atoms with Crippen LogP contribution in [0, 0.1) is 5.92 Å². The lowest BCUT2D eigenvalue weighted by Crippen LogP contribution is -2.34. The molecule has 7 heteroatoms. The van der Waals surface area contributed by atoms with Crippen LogP contribution in [0.5, 0.6) is 0 Å². The number of fused-ring (bicyclic) bond motifs is 1. The fraction of sp³-hybridized carbons (Fsp3) is 0.500. The molecule has 7 nitrogen and oxygen atoms in total. The number of aliphatic hydroxyl groups is 1. The summed E-state index contributed by atoms with van der Waals surface area (Å²) in [6.07, 6.45) is 4.09. The Balaban J connectivity index is 2.43. The van der Waals surface area contributed by atoms with Crippen molar-refractivity contribution in [3.63, 3.8) is 0 Å². The van der Waals surface area contributed by atoms with Crippen LogP contribution in [-0.2, 0) is 28.6 Å².